The van der Waals surface area contributed by atoms with Gasteiger partial charge >= 0.3 is 0 Å². The number of aryl methyl sites for hydroxylation is 1. The maximum absolute atomic E-state index is 5.37. The third-order valence-electron chi connectivity index (χ3n) is 3.78. The zero-order valence-electron chi connectivity index (χ0n) is 12.3. The summed E-state index contributed by atoms with van der Waals surface area (Å²) < 4.78 is 5.37. The lowest BCUT2D eigenvalue weighted by Crippen LogP contribution is -2.26. The Balaban J connectivity index is 1.58. The van der Waals surface area contributed by atoms with Gasteiger partial charge in [-0.2, -0.15) is 0 Å². The van der Waals surface area contributed by atoms with Gasteiger partial charge in [0, 0.05) is 30.6 Å². The van der Waals surface area contributed by atoms with E-state index in [0.717, 1.165) is 30.7 Å². The fraction of sp³-hybridized carbons (Fsp3) is 0.278. The molecule has 1 aromatic carbocycles. The van der Waals surface area contributed by atoms with Crippen molar-refractivity contribution in [1.29, 1.82) is 0 Å². The number of furan rings is 1. The zero-order chi connectivity index (χ0) is 14.5. The van der Waals surface area contributed by atoms with E-state index in [-0.39, 0.29) is 0 Å². The minimum atomic E-state index is 0.446. The molecule has 0 aliphatic rings. The first kappa shape index (κ1) is 13.8. The summed E-state index contributed by atoms with van der Waals surface area (Å²) in [5, 5.41) is 4.81. The summed E-state index contributed by atoms with van der Waals surface area (Å²) in [5.41, 5.74) is 2.35. The zero-order valence-corrected chi connectivity index (χ0v) is 12.3. The Labute approximate surface area is 125 Å². The Bertz CT molecular complexity index is 686. The van der Waals surface area contributed by atoms with Crippen molar-refractivity contribution in [1.82, 2.24) is 10.3 Å². The minimum absolute atomic E-state index is 0.446. The second kappa shape index (κ2) is 6.55. The van der Waals surface area contributed by atoms with E-state index in [9.17, 15) is 0 Å². The van der Waals surface area contributed by atoms with E-state index in [1.54, 1.807) is 6.26 Å². The lowest BCUT2D eigenvalue weighted by atomic mass is 10.1. The van der Waals surface area contributed by atoms with Gasteiger partial charge in [-0.3, -0.25) is 4.98 Å². The van der Waals surface area contributed by atoms with Crippen LogP contribution in [-0.2, 0) is 13.0 Å². The molecule has 1 atom stereocenters. The molecule has 3 nitrogen and oxygen atoms in total. The van der Waals surface area contributed by atoms with Crippen molar-refractivity contribution in [2.75, 3.05) is 0 Å². The van der Waals surface area contributed by atoms with Crippen molar-refractivity contribution < 1.29 is 4.42 Å². The van der Waals surface area contributed by atoms with Gasteiger partial charge in [-0.25, -0.2) is 0 Å². The summed E-state index contributed by atoms with van der Waals surface area (Å²) in [5.74, 6) is 1.05. The molecule has 2 heterocycles. The van der Waals surface area contributed by atoms with Gasteiger partial charge in [0.2, 0.25) is 0 Å². The van der Waals surface area contributed by atoms with E-state index in [4.69, 9.17) is 4.42 Å². The van der Waals surface area contributed by atoms with Crippen LogP contribution in [0.1, 0.15) is 24.7 Å². The molecule has 108 valence electrons. The highest BCUT2D eigenvalue weighted by molar-refractivity contribution is 5.81. The van der Waals surface area contributed by atoms with E-state index in [1.807, 2.05) is 24.4 Å². The van der Waals surface area contributed by atoms with Crippen LogP contribution in [-0.4, -0.2) is 11.0 Å². The smallest absolute Gasteiger partial charge is 0.103 e. The number of para-hydroxylation sites is 1. The predicted octanol–water partition coefficient (Wildman–Crippen LogP) is 3.94. The first-order chi connectivity index (χ1) is 10.3. The van der Waals surface area contributed by atoms with Gasteiger partial charge in [0.05, 0.1) is 11.8 Å². The van der Waals surface area contributed by atoms with E-state index < -0.39 is 0 Å². The molecule has 1 N–H and O–H groups in total. The molecule has 1 unspecified atom stereocenters. The molecule has 0 saturated carbocycles. The van der Waals surface area contributed by atoms with Crippen molar-refractivity contribution in [2.45, 2.75) is 32.4 Å². The van der Waals surface area contributed by atoms with Gasteiger partial charge < -0.3 is 9.73 Å². The second-order valence-electron chi connectivity index (χ2n) is 5.39. The molecule has 3 heteroatoms. The Morgan fingerprint density at radius 1 is 1.14 bits per heavy atom. The molecule has 0 fully saturated rings. The topological polar surface area (TPSA) is 38.1 Å². The van der Waals surface area contributed by atoms with E-state index in [0.29, 0.717) is 6.04 Å². The molecule has 0 aliphatic heterocycles. The van der Waals surface area contributed by atoms with Gasteiger partial charge in [-0.1, -0.05) is 18.2 Å². The van der Waals surface area contributed by atoms with Crippen LogP contribution in [0.15, 0.2) is 59.3 Å². The van der Waals surface area contributed by atoms with Crippen molar-refractivity contribution >= 4 is 10.9 Å². The quantitative estimate of drug-likeness (QED) is 0.743. The van der Waals surface area contributed by atoms with Crippen LogP contribution in [0, 0.1) is 0 Å². The van der Waals surface area contributed by atoms with Crippen molar-refractivity contribution in [3.63, 3.8) is 0 Å². The van der Waals surface area contributed by atoms with Crippen LogP contribution in [0.3, 0.4) is 0 Å². The summed E-state index contributed by atoms with van der Waals surface area (Å²) in [7, 11) is 0. The number of aromatic nitrogens is 1. The number of nitrogens with zero attached hydrogens (tertiary/aromatic N) is 1. The number of rotatable bonds is 6. The Morgan fingerprint density at radius 3 is 2.90 bits per heavy atom. The lowest BCUT2D eigenvalue weighted by Gasteiger charge is -2.14. The largest absolute Gasteiger partial charge is 0.469 e. The molecule has 3 aromatic rings. The number of hydrogen-bond donors (Lipinski definition) is 1. The Hall–Kier alpha value is -2.13. The molecule has 3 rings (SSSR count). The number of benzene rings is 1. The highest BCUT2D eigenvalue weighted by Crippen LogP contribution is 2.16. The molecule has 2 aromatic heterocycles. The summed E-state index contributed by atoms with van der Waals surface area (Å²) in [6, 6.07) is 14.8. The Morgan fingerprint density at radius 2 is 2.05 bits per heavy atom. The summed E-state index contributed by atoms with van der Waals surface area (Å²) in [6.45, 7) is 3.08. The third kappa shape index (κ3) is 3.50. The fourth-order valence-corrected chi connectivity index (χ4v) is 2.51. The molecule has 21 heavy (non-hydrogen) atoms. The van der Waals surface area contributed by atoms with Crippen LogP contribution < -0.4 is 5.32 Å². The monoisotopic (exact) mass is 280 g/mol. The van der Waals surface area contributed by atoms with Crippen LogP contribution in [0.4, 0.5) is 0 Å². The number of fused-ring (bicyclic) bond motifs is 1. The van der Waals surface area contributed by atoms with Crippen molar-refractivity contribution in [3.8, 4) is 0 Å². The standard InChI is InChI=1S/C18H20N2O/c1-14(8-9-16-5-4-12-21-16)20-13-15-10-11-19-18-7-3-2-6-17(15)18/h2-7,10-12,14,20H,8-9,13H2,1H3. The van der Waals surface area contributed by atoms with Crippen LogP contribution in [0.5, 0.6) is 0 Å². The number of pyridine rings is 1. The normalized spacial score (nSPS) is 12.6. The molecular weight excluding hydrogens is 260 g/mol. The van der Waals surface area contributed by atoms with Gasteiger partial charge in [0.1, 0.15) is 5.76 Å². The van der Waals surface area contributed by atoms with E-state index >= 15 is 0 Å². The predicted molar refractivity (Wildman–Crippen MR) is 85.1 cm³/mol. The molecule has 0 saturated heterocycles. The molecule has 0 amide bonds. The molecular formula is C18H20N2O. The summed E-state index contributed by atoms with van der Waals surface area (Å²) in [6.07, 6.45) is 5.65. The maximum Gasteiger partial charge on any atom is 0.103 e. The van der Waals surface area contributed by atoms with Crippen LogP contribution in [0.25, 0.3) is 10.9 Å². The first-order valence-electron chi connectivity index (χ1n) is 7.41. The summed E-state index contributed by atoms with van der Waals surface area (Å²) >= 11 is 0. The first-order valence-corrected chi connectivity index (χ1v) is 7.41. The molecule has 0 radical (unpaired) electrons. The average molecular weight is 280 g/mol. The third-order valence-corrected chi connectivity index (χ3v) is 3.78. The minimum Gasteiger partial charge on any atom is -0.469 e. The summed E-state index contributed by atoms with van der Waals surface area (Å²) in [4.78, 5) is 4.40. The maximum atomic E-state index is 5.37. The van der Waals surface area contributed by atoms with Crippen LogP contribution >= 0.6 is 0 Å². The van der Waals surface area contributed by atoms with Gasteiger partial charge in [-0.15, -0.1) is 0 Å². The van der Waals surface area contributed by atoms with Crippen molar-refractivity contribution in [2.24, 2.45) is 0 Å². The van der Waals surface area contributed by atoms with Crippen LogP contribution in [0.2, 0.25) is 0 Å². The van der Waals surface area contributed by atoms with Gasteiger partial charge in [0.15, 0.2) is 0 Å². The second-order valence-corrected chi connectivity index (χ2v) is 5.39. The SMILES string of the molecule is CC(CCc1ccco1)NCc1ccnc2ccccc12. The molecule has 0 aliphatic carbocycles. The highest BCUT2D eigenvalue weighted by atomic mass is 16.3. The fourth-order valence-electron chi connectivity index (χ4n) is 2.51. The Kier molecular flexibility index (Phi) is 4.31. The van der Waals surface area contributed by atoms with E-state index in [2.05, 4.69) is 41.5 Å². The van der Waals surface area contributed by atoms with Crippen molar-refractivity contribution in [3.05, 3.63) is 66.2 Å². The van der Waals surface area contributed by atoms with E-state index in [1.165, 1.54) is 10.9 Å². The number of hydrogen-bond acceptors (Lipinski definition) is 3. The number of nitrogens with one attached hydrogen (secondary N) is 1. The molecule has 0 spiro atoms. The highest BCUT2D eigenvalue weighted by Gasteiger charge is 2.06. The molecule has 0 bridgehead atoms. The lowest BCUT2D eigenvalue weighted by molar-refractivity contribution is 0.460. The van der Waals surface area contributed by atoms with Gasteiger partial charge in [-0.05, 0) is 43.2 Å². The van der Waals surface area contributed by atoms with Gasteiger partial charge in [0.25, 0.3) is 0 Å². The average Bonchev–Trinajstić information content (AvgIpc) is 3.04.